The highest BCUT2D eigenvalue weighted by molar-refractivity contribution is 7.99. The van der Waals surface area contributed by atoms with Crippen LogP contribution in [0.2, 0.25) is 0 Å². The van der Waals surface area contributed by atoms with Crippen LogP contribution in [0.25, 0.3) is 10.2 Å². The molecule has 0 fully saturated rings. The zero-order chi connectivity index (χ0) is 20.3. The molecule has 0 aliphatic heterocycles. The predicted octanol–water partition coefficient (Wildman–Crippen LogP) is 3.13. The van der Waals surface area contributed by atoms with Crippen LogP contribution in [0.15, 0.2) is 28.7 Å². The minimum absolute atomic E-state index is 0.0354. The molecule has 1 amide bonds. The van der Waals surface area contributed by atoms with E-state index in [0.717, 1.165) is 28.0 Å². The normalized spacial score (nSPS) is 10.8. The third kappa shape index (κ3) is 4.66. The molecule has 0 unspecified atom stereocenters. The maximum absolute atomic E-state index is 12.2. The number of H-pyrrole nitrogens is 1. The van der Waals surface area contributed by atoms with Crippen molar-refractivity contribution in [2.45, 2.75) is 19.0 Å². The lowest BCUT2D eigenvalue weighted by Crippen LogP contribution is -2.15. The number of carbonyl (C=O) groups is 2. The first kappa shape index (κ1) is 20.2. The Kier molecular flexibility index (Phi) is 6.27. The lowest BCUT2D eigenvalue weighted by atomic mass is 10.4. The van der Waals surface area contributed by atoms with E-state index in [1.807, 2.05) is 6.92 Å². The van der Waals surface area contributed by atoms with Crippen LogP contribution in [-0.4, -0.2) is 39.2 Å². The van der Waals surface area contributed by atoms with Crippen LogP contribution in [0.4, 0.5) is 5.13 Å². The SMILES string of the molecule is C=CCOC(=O)c1sc(NC(=O)CSc2nc3sc(C)cc3c(=O)[nH]2)nc1C. The molecule has 3 aromatic rings. The fourth-order valence-electron chi connectivity index (χ4n) is 2.23. The van der Waals surface area contributed by atoms with Crippen LogP contribution >= 0.6 is 34.4 Å². The van der Waals surface area contributed by atoms with Crippen molar-refractivity contribution in [3.05, 3.63) is 44.5 Å². The summed E-state index contributed by atoms with van der Waals surface area (Å²) in [5, 5.41) is 3.87. The largest absolute Gasteiger partial charge is 0.457 e. The van der Waals surface area contributed by atoms with E-state index < -0.39 is 5.97 Å². The number of aromatic nitrogens is 3. The van der Waals surface area contributed by atoms with Crippen LogP contribution in [-0.2, 0) is 9.53 Å². The van der Waals surface area contributed by atoms with Gasteiger partial charge in [-0.2, -0.15) is 0 Å². The van der Waals surface area contributed by atoms with Gasteiger partial charge in [0.2, 0.25) is 5.91 Å². The zero-order valence-corrected chi connectivity index (χ0v) is 17.5. The summed E-state index contributed by atoms with van der Waals surface area (Å²) in [6.07, 6.45) is 1.47. The fourth-order valence-corrected chi connectivity index (χ4v) is 4.70. The molecule has 146 valence electrons. The molecule has 0 aromatic carbocycles. The number of anilines is 1. The van der Waals surface area contributed by atoms with Crippen LogP contribution in [0.5, 0.6) is 0 Å². The molecular weight excluding hydrogens is 420 g/mol. The summed E-state index contributed by atoms with van der Waals surface area (Å²) in [5.41, 5.74) is 0.252. The first-order valence-electron chi connectivity index (χ1n) is 8.06. The molecule has 28 heavy (non-hydrogen) atoms. The highest BCUT2D eigenvalue weighted by Crippen LogP contribution is 2.25. The number of esters is 1. The van der Waals surface area contributed by atoms with Gasteiger partial charge in [0.1, 0.15) is 16.3 Å². The Balaban J connectivity index is 1.62. The van der Waals surface area contributed by atoms with E-state index in [-0.39, 0.29) is 23.8 Å². The summed E-state index contributed by atoms with van der Waals surface area (Å²) in [6.45, 7) is 7.16. The van der Waals surface area contributed by atoms with Crippen molar-refractivity contribution in [3.63, 3.8) is 0 Å². The average molecular weight is 437 g/mol. The molecule has 0 spiro atoms. The number of hydrogen-bond donors (Lipinski definition) is 2. The highest BCUT2D eigenvalue weighted by atomic mass is 32.2. The van der Waals surface area contributed by atoms with Gasteiger partial charge in [-0.1, -0.05) is 35.8 Å². The molecule has 0 bridgehead atoms. The standard InChI is InChI=1S/C17H16N4O4S3/c1-4-5-25-15(24)12-9(3)18-17(28-12)19-11(22)7-26-16-20-13(23)10-6-8(2)27-14(10)21-16/h4,6H,1,5,7H2,2-3H3,(H,18,19,22)(H,20,21,23). The summed E-state index contributed by atoms with van der Waals surface area (Å²) < 4.78 is 4.99. The average Bonchev–Trinajstić information content (AvgIpc) is 3.20. The van der Waals surface area contributed by atoms with Gasteiger partial charge in [0, 0.05) is 4.88 Å². The van der Waals surface area contributed by atoms with Crippen molar-refractivity contribution in [1.29, 1.82) is 0 Å². The molecular formula is C17H16N4O4S3. The van der Waals surface area contributed by atoms with E-state index in [1.165, 1.54) is 17.4 Å². The van der Waals surface area contributed by atoms with Crippen molar-refractivity contribution in [2.75, 3.05) is 17.7 Å². The Bertz CT molecular complexity index is 1120. The molecule has 11 heteroatoms. The van der Waals surface area contributed by atoms with Crippen LogP contribution in [0.1, 0.15) is 20.2 Å². The summed E-state index contributed by atoms with van der Waals surface area (Å²) >= 11 is 3.59. The van der Waals surface area contributed by atoms with Gasteiger partial charge in [-0.3, -0.25) is 9.59 Å². The summed E-state index contributed by atoms with van der Waals surface area (Å²) in [6, 6.07) is 1.79. The molecule has 3 heterocycles. The monoisotopic (exact) mass is 436 g/mol. The van der Waals surface area contributed by atoms with Crippen LogP contribution < -0.4 is 10.9 Å². The maximum atomic E-state index is 12.2. The van der Waals surface area contributed by atoms with E-state index in [4.69, 9.17) is 4.74 Å². The molecule has 0 aliphatic carbocycles. The fraction of sp³-hybridized carbons (Fsp3) is 0.235. The highest BCUT2D eigenvalue weighted by Gasteiger charge is 2.18. The quantitative estimate of drug-likeness (QED) is 0.253. The molecule has 8 nitrogen and oxygen atoms in total. The number of hydrogen-bond acceptors (Lipinski definition) is 9. The van der Waals surface area contributed by atoms with Crippen molar-refractivity contribution >= 4 is 61.7 Å². The molecule has 2 N–H and O–H groups in total. The second-order valence-electron chi connectivity index (χ2n) is 5.60. The molecule has 0 aliphatic rings. The van der Waals surface area contributed by atoms with Gasteiger partial charge in [-0.25, -0.2) is 14.8 Å². The van der Waals surface area contributed by atoms with Gasteiger partial charge >= 0.3 is 5.97 Å². The minimum atomic E-state index is -0.508. The molecule has 0 atom stereocenters. The van der Waals surface area contributed by atoms with E-state index in [9.17, 15) is 14.4 Å². The number of thioether (sulfide) groups is 1. The zero-order valence-electron chi connectivity index (χ0n) is 15.0. The van der Waals surface area contributed by atoms with Crippen molar-refractivity contribution in [2.24, 2.45) is 0 Å². The van der Waals surface area contributed by atoms with Crippen LogP contribution in [0, 0.1) is 13.8 Å². The van der Waals surface area contributed by atoms with E-state index >= 15 is 0 Å². The molecule has 0 saturated carbocycles. The topological polar surface area (TPSA) is 114 Å². The molecule has 0 radical (unpaired) electrons. The number of nitrogens with one attached hydrogen (secondary N) is 2. The van der Waals surface area contributed by atoms with Crippen molar-refractivity contribution in [1.82, 2.24) is 15.0 Å². The van der Waals surface area contributed by atoms with Gasteiger partial charge in [0.15, 0.2) is 10.3 Å². The lowest BCUT2D eigenvalue weighted by molar-refractivity contribution is -0.113. The van der Waals surface area contributed by atoms with Gasteiger partial charge in [0.05, 0.1) is 16.8 Å². The van der Waals surface area contributed by atoms with Gasteiger partial charge in [0.25, 0.3) is 5.56 Å². The number of fused-ring (bicyclic) bond motifs is 1. The molecule has 3 rings (SSSR count). The number of ether oxygens (including phenoxy) is 1. The number of rotatable bonds is 7. The van der Waals surface area contributed by atoms with Gasteiger partial charge in [-0.15, -0.1) is 11.3 Å². The Labute approximate surface area is 172 Å². The van der Waals surface area contributed by atoms with Gasteiger partial charge < -0.3 is 15.0 Å². The van der Waals surface area contributed by atoms with Crippen molar-refractivity contribution < 1.29 is 14.3 Å². The number of amides is 1. The smallest absolute Gasteiger partial charge is 0.350 e. The third-order valence-electron chi connectivity index (χ3n) is 3.40. The second kappa shape index (κ2) is 8.67. The maximum Gasteiger partial charge on any atom is 0.350 e. The Morgan fingerprint density at radius 2 is 2.14 bits per heavy atom. The summed E-state index contributed by atoms with van der Waals surface area (Å²) in [5.74, 6) is -0.797. The summed E-state index contributed by atoms with van der Waals surface area (Å²) in [7, 11) is 0. The summed E-state index contributed by atoms with van der Waals surface area (Å²) in [4.78, 5) is 49.3. The predicted molar refractivity (Wildman–Crippen MR) is 112 cm³/mol. The van der Waals surface area contributed by atoms with E-state index in [0.29, 0.717) is 31.1 Å². The Hall–Kier alpha value is -2.50. The Morgan fingerprint density at radius 1 is 1.36 bits per heavy atom. The second-order valence-corrected chi connectivity index (χ2v) is 8.80. The molecule has 0 saturated heterocycles. The van der Waals surface area contributed by atoms with Crippen LogP contribution in [0.3, 0.4) is 0 Å². The lowest BCUT2D eigenvalue weighted by Gasteiger charge is -2.01. The Morgan fingerprint density at radius 3 is 2.89 bits per heavy atom. The minimum Gasteiger partial charge on any atom is -0.457 e. The third-order valence-corrected chi connectivity index (χ3v) is 6.28. The number of thiophene rings is 1. The first-order chi connectivity index (χ1) is 13.4. The van der Waals surface area contributed by atoms with E-state index in [1.54, 1.807) is 13.0 Å². The van der Waals surface area contributed by atoms with Crippen molar-refractivity contribution in [3.8, 4) is 0 Å². The number of thiazole rings is 1. The molecule has 3 aromatic heterocycles. The number of aromatic amines is 1. The first-order valence-corrected chi connectivity index (χ1v) is 10.7. The number of carbonyl (C=O) groups excluding carboxylic acids is 2. The number of nitrogens with zero attached hydrogens (tertiary/aromatic N) is 2. The van der Waals surface area contributed by atoms with Gasteiger partial charge in [-0.05, 0) is 19.9 Å². The number of aryl methyl sites for hydroxylation is 2. The van der Waals surface area contributed by atoms with E-state index in [2.05, 4.69) is 26.8 Å².